The second-order valence-corrected chi connectivity index (χ2v) is 9.17. The number of rotatable bonds is 7. The summed E-state index contributed by atoms with van der Waals surface area (Å²) in [6.07, 6.45) is 1.17. The monoisotopic (exact) mass is 423 g/mol. The SMILES string of the molecule is C[C@H](NC(=O)CC1CS(=O)(=O)N1)C(=O)N1CCC[C@H]1C(=O)OCc1ccccc1. The highest BCUT2D eigenvalue weighted by Crippen LogP contribution is 2.20. The smallest absolute Gasteiger partial charge is 0.329 e. The van der Waals surface area contributed by atoms with Crippen LogP contribution in [0.3, 0.4) is 0 Å². The summed E-state index contributed by atoms with van der Waals surface area (Å²) in [5, 5.41) is 2.58. The van der Waals surface area contributed by atoms with E-state index in [-0.39, 0.29) is 24.7 Å². The zero-order valence-corrected chi connectivity index (χ0v) is 17.0. The molecule has 1 aromatic rings. The number of ether oxygens (including phenoxy) is 1. The molecule has 1 unspecified atom stereocenters. The molecule has 3 rings (SSSR count). The minimum atomic E-state index is -3.23. The summed E-state index contributed by atoms with van der Waals surface area (Å²) < 4.78 is 29.8. The third-order valence-corrected chi connectivity index (χ3v) is 6.51. The number of sulfonamides is 1. The predicted molar refractivity (Wildman–Crippen MR) is 104 cm³/mol. The lowest BCUT2D eigenvalue weighted by molar-refractivity contribution is -0.155. The van der Waals surface area contributed by atoms with Gasteiger partial charge < -0.3 is 15.0 Å². The number of nitrogens with one attached hydrogen (secondary N) is 2. The first kappa shape index (κ1) is 21.3. The highest BCUT2D eigenvalue weighted by molar-refractivity contribution is 7.90. The summed E-state index contributed by atoms with van der Waals surface area (Å²) in [6.45, 7) is 2.12. The van der Waals surface area contributed by atoms with Crippen molar-refractivity contribution in [3.8, 4) is 0 Å². The molecule has 0 saturated carbocycles. The number of hydrogen-bond acceptors (Lipinski definition) is 6. The van der Waals surface area contributed by atoms with E-state index in [1.807, 2.05) is 30.3 Å². The van der Waals surface area contributed by atoms with E-state index >= 15 is 0 Å². The second kappa shape index (κ2) is 8.91. The van der Waals surface area contributed by atoms with Gasteiger partial charge in [0.15, 0.2) is 0 Å². The number of likely N-dealkylation sites (tertiary alicyclic amines) is 1. The fourth-order valence-electron chi connectivity index (χ4n) is 3.54. The van der Waals surface area contributed by atoms with Crippen molar-refractivity contribution in [3.05, 3.63) is 35.9 Å². The molecule has 2 heterocycles. The van der Waals surface area contributed by atoms with Gasteiger partial charge in [-0.05, 0) is 25.3 Å². The summed E-state index contributed by atoms with van der Waals surface area (Å²) in [5.74, 6) is -1.32. The van der Waals surface area contributed by atoms with Gasteiger partial charge in [-0.15, -0.1) is 0 Å². The molecule has 0 bridgehead atoms. The van der Waals surface area contributed by atoms with Crippen molar-refractivity contribution in [2.75, 3.05) is 12.3 Å². The number of benzene rings is 1. The van der Waals surface area contributed by atoms with Crippen LogP contribution in [0.25, 0.3) is 0 Å². The number of amides is 2. The van der Waals surface area contributed by atoms with Crippen LogP contribution in [-0.4, -0.2) is 61.5 Å². The molecule has 2 N–H and O–H groups in total. The van der Waals surface area contributed by atoms with E-state index in [2.05, 4.69) is 10.0 Å². The summed E-state index contributed by atoms with van der Waals surface area (Å²) in [7, 11) is -3.23. The lowest BCUT2D eigenvalue weighted by Gasteiger charge is -2.29. The van der Waals surface area contributed by atoms with Gasteiger partial charge in [0.25, 0.3) is 0 Å². The average Bonchev–Trinajstić information content (AvgIpc) is 3.14. The Morgan fingerprint density at radius 3 is 2.62 bits per heavy atom. The van der Waals surface area contributed by atoms with Gasteiger partial charge >= 0.3 is 5.97 Å². The van der Waals surface area contributed by atoms with Crippen LogP contribution in [0.1, 0.15) is 31.7 Å². The zero-order chi connectivity index (χ0) is 21.0. The highest BCUT2D eigenvalue weighted by atomic mass is 32.2. The summed E-state index contributed by atoms with van der Waals surface area (Å²) in [6, 6.07) is 7.37. The largest absolute Gasteiger partial charge is 0.459 e. The number of hydrogen-bond donors (Lipinski definition) is 2. The van der Waals surface area contributed by atoms with Crippen molar-refractivity contribution in [3.63, 3.8) is 0 Å². The zero-order valence-electron chi connectivity index (χ0n) is 16.2. The van der Waals surface area contributed by atoms with Crippen molar-refractivity contribution in [1.82, 2.24) is 14.9 Å². The van der Waals surface area contributed by atoms with Crippen molar-refractivity contribution in [2.24, 2.45) is 0 Å². The van der Waals surface area contributed by atoms with Crippen LogP contribution >= 0.6 is 0 Å². The Bertz CT molecular complexity index is 861. The first-order valence-electron chi connectivity index (χ1n) is 9.55. The fraction of sp³-hybridized carbons (Fsp3) is 0.526. The van der Waals surface area contributed by atoms with E-state index in [4.69, 9.17) is 4.74 Å². The highest BCUT2D eigenvalue weighted by Gasteiger charge is 2.38. The van der Waals surface area contributed by atoms with Gasteiger partial charge in [0.2, 0.25) is 21.8 Å². The van der Waals surface area contributed by atoms with E-state index in [1.54, 1.807) is 6.92 Å². The molecule has 158 valence electrons. The number of carbonyl (C=O) groups excluding carboxylic acids is 3. The van der Waals surface area contributed by atoms with Gasteiger partial charge in [-0.25, -0.2) is 17.9 Å². The second-order valence-electron chi connectivity index (χ2n) is 7.37. The maximum absolute atomic E-state index is 12.7. The summed E-state index contributed by atoms with van der Waals surface area (Å²) in [5.41, 5.74) is 0.865. The third-order valence-electron chi connectivity index (χ3n) is 4.98. The van der Waals surface area contributed by atoms with Crippen LogP contribution < -0.4 is 10.0 Å². The normalized spacial score (nSPS) is 23.7. The maximum Gasteiger partial charge on any atom is 0.329 e. The predicted octanol–water partition coefficient (Wildman–Crippen LogP) is -0.0828. The number of nitrogens with zero attached hydrogens (tertiary/aromatic N) is 1. The maximum atomic E-state index is 12.7. The van der Waals surface area contributed by atoms with E-state index in [0.717, 1.165) is 5.56 Å². The molecule has 29 heavy (non-hydrogen) atoms. The minimum absolute atomic E-state index is 0.0284. The van der Waals surface area contributed by atoms with Gasteiger partial charge in [-0.1, -0.05) is 30.3 Å². The van der Waals surface area contributed by atoms with Crippen molar-refractivity contribution in [2.45, 2.75) is 50.9 Å². The van der Waals surface area contributed by atoms with Crippen molar-refractivity contribution >= 4 is 27.8 Å². The van der Waals surface area contributed by atoms with Crippen LogP contribution in [0.4, 0.5) is 0 Å². The summed E-state index contributed by atoms with van der Waals surface area (Å²) >= 11 is 0. The first-order chi connectivity index (χ1) is 13.7. The van der Waals surface area contributed by atoms with Gasteiger partial charge in [0.05, 0.1) is 5.75 Å². The summed E-state index contributed by atoms with van der Waals surface area (Å²) in [4.78, 5) is 38.7. The Labute approximate surface area is 169 Å². The Morgan fingerprint density at radius 2 is 1.97 bits per heavy atom. The molecule has 0 spiro atoms. The molecule has 1 aromatic carbocycles. The third kappa shape index (κ3) is 5.54. The molecule has 2 fully saturated rings. The van der Waals surface area contributed by atoms with Crippen LogP contribution in [0.15, 0.2) is 30.3 Å². The van der Waals surface area contributed by atoms with Crippen molar-refractivity contribution in [1.29, 1.82) is 0 Å². The van der Waals surface area contributed by atoms with Gasteiger partial charge in [0.1, 0.15) is 18.7 Å². The van der Waals surface area contributed by atoms with Crippen LogP contribution in [-0.2, 0) is 35.8 Å². The Morgan fingerprint density at radius 1 is 1.28 bits per heavy atom. The molecule has 0 aliphatic carbocycles. The Kier molecular flexibility index (Phi) is 6.53. The standard InChI is InChI=1S/C19H25N3O6S/c1-13(20-17(23)10-15-12-29(26,27)21-15)18(24)22-9-5-8-16(22)19(25)28-11-14-6-3-2-4-7-14/h2-4,6-7,13,15-16,21H,5,8-12H2,1H3,(H,20,23)/t13-,15?,16-/m0/s1. The van der Waals surface area contributed by atoms with Crippen LogP contribution in [0.5, 0.6) is 0 Å². The molecule has 0 radical (unpaired) electrons. The van der Waals surface area contributed by atoms with E-state index < -0.39 is 40.0 Å². The first-order valence-corrected chi connectivity index (χ1v) is 11.2. The molecule has 2 aliphatic rings. The molecule has 2 aliphatic heterocycles. The van der Waals surface area contributed by atoms with Gasteiger partial charge in [-0.3, -0.25) is 9.59 Å². The quantitative estimate of drug-likeness (QED) is 0.592. The Balaban J connectivity index is 1.49. The van der Waals surface area contributed by atoms with Gasteiger partial charge in [0, 0.05) is 19.0 Å². The van der Waals surface area contributed by atoms with E-state index in [9.17, 15) is 22.8 Å². The lowest BCUT2D eigenvalue weighted by atomic mass is 10.2. The molecular weight excluding hydrogens is 398 g/mol. The lowest BCUT2D eigenvalue weighted by Crippen LogP contribution is -2.56. The molecular formula is C19H25N3O6S. The Hall–Kier alpha value is -2.46. The molecule has 2 saturated heterocycles. The van der Waals surface area contributed by atoms with Gasteiger partial charge in [-0.2, -0.15) is 0 Å². The van der Waals surface area contributed by atoms with Crippen molar-refractivity contribution < 1.29 is 27.5 Å². The number of carbonyl (C=O) groups is 3. The van der Waals surface area contributed by atoms with Crippen LogP contribution in [0.2, 0.25) is 0 Å². The van der Waals surface area contributed by atoms with E-state index in [0.29, 0.717) is 19.4 Å². The van der Waals surface area contributed by atoms with E-state index in [1.165, 1.54) is 4.90 Å². The average molecular weight is 423 g/mol. The fourth-order valence-corrected chi connectivity index (χ4v) is 4.74. The van der Waals surface area contributed by atoms with Crippen LogP contribution in [0, 0.1) is 0 Å². The minimum Gasteiger partial charge on any atom is -0.459 e. The molecule has 9 nitrogen and oxygen atoms in total. The molecule has 10 heteroatoms. The molecule has 2 amide bonds. The number of esters is 1. The molecule has 3 atom stereocenters. The topological polar surface area (TPSA) is 122 Å². The molecule has 0 aromatic heterocycles.